The molecule has 0 atom stereocenters. The molecular formula is C25H40N3O5P. The van der Waals surface area contributed by atoms with E-state index in [1.54, 1.807) is 23.5 Å². The molecule has 1 aromatic carbocycles. The number of unbranched alkanes of at least 4 members (excludes halogenated alkanes) is 5. The van der Waals surface area contributed by atoms with E-state index in [2.05, 4.69) is 40.7 Å². The SMILES string of the molecule is CCCc1ccc(CCCCCCCCC(=O)N(CCOP(=O)(O)O)CN2C=CN=CC2)cc1. The molecule has 0 saturated heterocycles. The molecule has 34 heavy (non-hydrogen) atoms. The third-order valence-corrected chi connectivity index (χ3v) is 6.30. The van der Waals surface area contributed by atoms with Crippen molar-refractivity contribution in [1.82, 2.24) is 9.80 Å². The lowest BCUT2D eigenvalue weighted by molar-refractivity contribution is -0.133. The number of phosphoric ester groups is 1. The number of nitrogens with zero attached hydrogens (tertiary/aromatic N) is 3. The molecule has 1 amide bonds. The lowest BCUT2D eigenvalue weighted by Gasteiger charge is -2.29. The quantitative estimate of drug-likeness (QED) is 0.242. The highest BCUT2D eigenvalue weighted by Gasteiger charge is 2.19. The van der Waals surface area contributed by atoms with Gasteiger partial charge in [-0.1, -0.05) is 63.3 Å². The van der Waals surface area contributed by atoms with Crippen LogP contribution in [0.1, 0.15) is 69.4 Å². The Labute approximate surface area is 203 Å². The molecule has 1 heterocycles. The van der Waals surface area contributed by atoms with Crippen LogP contribution in [0.25, 0.3) is 0 Å². The van der Waals surface area contributed by atoms with Gasteiger partial charge in [0.05, 0.1) is 19.8 Å². The van der Waals surface area contributed by atoms with Gasteiger partial charge in [-0.2, -0.15) is 0 Å². The lowest BCUT2D eigenvalue weighted by Crippen LogP contribution is -2.42. The Morgan fingerprint density at radius 3 is 2.32 bits per heavy atom. The van der Waals surface area contributed by atoms with Crippen molar-refractivity contribution in [1.29, 1.82) is 0 Å². The fourth-order valence-electron chi connectivity index (χ4n) is 3.91. The van der Waals surface area contributed by atoms with Gasteiger partial charge in [0.1, 0.15) is 0 Å². The first-order valence-corrected chi connectivity index (χ1v) is 13.9. The van der Waals surface area contributed by atoms with E-state index < -0.39 is 7.82 Å². The number of benzene rings is 1. The van der Waals surface area contributed by atoms with Gasteiger partial charge in [-0.05, 0) is 36.8 Å². The molecule has 0 aliphatic carbocycles. The fourth-order valence-corrected chi connectivity index (χ4v) is 4.23. The largest absolute Gasteiger partial charge is 0.469 e. The summed E-state index contributed by atoms with van der Waals surface area (Å²) >= 11 is 0. The summed E-state index contributed by atoms with van der Waals surface area (Å²) in [6, 6.07) is 8.98. The van der Waals surface area contributed by atoms with E-state index in [4.69, 9.17) is 9.79 Å². The predicted octanol–water partition coefficient (Wildman–Crippen LogP) is 4.67. The molecule has 2 rings (SSSR count). The Hall–Kier alpha value is -1.99. The van der Waals surface area contributed by atoms with Crippen LogP contribution in [0, 0.1) is 0 Å². The van der Waals surface area contributed by atoms with E-state index in [1.165, 1.54) is 36.8 Å². The minimum absolute atomic E-state index is 0.0308. The second kappa shape index (κ2) is 15.8. The van der Waals surface area contributed by atoms with Gasteiger partial charge < -0.3 is 19.6 Å². The van der Waals surface area contributed by atoms with E-state index in [9.17, 15) is 9.36 Å². The summed E-state index contributed by atoms with van der Waals surface area (Å²) in [4.78, 5) is 38.0. The van der Waals surface area contributed by atoms with Crippen molar-refractivity contribution in [2.24, 2.45) is 4.99 Å². The van der Waals surface area contributed by atoms with Crippen molar-refractivity contribution in [3.05, 3.63) is 47.8 Å². The Balaban J connectivity index is 1.61. The van der Waals surface area contributed by atoms with Crippen LogP contribution < -0.4 is 0 Å². The van der Waals surface area contributed by atoms with Gasteiger partial charge in [0.25, 0.3) is 0 Å². The van der Waals surface area contributed by atoms with Crippen LogP contribution in [-0.2, 0) is 26.7 Å². The third kappa shape index (κ3) is 12.5. The number of carbonyl (C=O) groups is 1. The average molecular weight is 494 g/mol. The minimum atomic E-state index is -4.55. The van der Waals surface area contributed by atoms with Gasteiger partial charge >= 0.3 is 7.82 Å². The highest BCUT2D eigenvalue weighted by atomic mass is 31.2. The summed E-state index contributed by atoms with van der Waals surface area (Å²) in [6.07, 6.45) is 15.5. The highest BCUT2D eigenvalue weighted by molar-refractivity contribution is 7.46. The lowest BCUT2D eigenvalue weighted by atomic mass is 10.0. The smallest absolute Gasteiger partial charge is 0.353 e. The van der Waals surface area contributed by atoms with Crippen LogP contribution in [0.3, 0.4) is 0 Å². The van der Waals surface area contributed by atoms with Gasteiger partial charge in [-0.15, -0.1) is 0 Å². The molecular weight excluding hydrogens is 453 g/mol. The Morgan fingerprint density at radius 1 is 1.06 bits per heavy atom. The summed E-state index contributed by atoms with van der Waals surface area (Å²) in [5.74, 6) is -0.0308. The van der Waals surface area contributed by atoms with Crippen LogP contribution in [0.15, 0.2) is 41.7 Å². The van der Waals surface area contributed by atoms with Crippen LogP contribution in [-0.4, -0.2) is 58.1 Å². The second-order valence-corrected chi connectivity index (χ2v) is 9.95. The van der Waals surface area contributed by atoms with Crippen LogP contribution in [0.2, 0.25) is 0 Å². The molecule has 0 unspecified atom stereocenters. The predicted molar refractivity (Wildman–Crippen MR) is 135 cm³/mol. The van der Waals surface area contributed by atoms with Crippen molar-refractivity contribution < 1.29 is 23.7 Å². The van der Waals surface area contributed by atoms with Gasteiger partial charge in [0.15, 0.2) is 0 Å². The zero-order chi connectivity index (χ0) is 24.7. The van der Waals surface area contributed by atoms with Crippen molar-refractivity contribution in [3.63, 3.8) is 0 Å². The number of amides is 1. The maximum absolute atomic E-state index is 12.7. The fraction of sp³-hybridized carbons (Fsp3) is 0.600. The maximum atomic E-state index is 12.7. The molecule has 2 N–H and O–H groups in total. The maximum Gasteiger partial charge on any atom is 0.469 e. The summed E-state index contributed by atoms with van der Waals surface area (Å²) in [5, 5.41) is 0. The van der Waals surface area contributed by atoms with Gasteiger partial charge in [-0.25, -0.2) is 4.57 Å². The molecule has 9 heteroatoms. The van der Waals surface area contributed by atoms with E-state index in [-0.39, 0.29) is 19.1 Å². The van der Waals surface area contributed by atoms with Crippen LogP contribution in [0.4, 0.5) is 0 Å². The van der Waals surface area contributed by atoms with Crippen molar-refractivity contribution >= 4 is 19.9 Å². The number of phosphoric acid groups is 1. The molecule has 1 aliphatic heterocycles. The number of hydrogen-bond donors (Lipinski definition) is 2. The van der Waals surface area contributed by atoms with E-state index in [0.29, 0.717) is 19.6 Å². The average Bonchev–Trinajstić information content (AvgIpc) is 2.81. The first kappa shape index (κ1) is 28.2. The standard InChI is InChI=1S/C25H40N3O5P/c1-2-9-23-12-14-24(15-13-23)10-7-5-3-4-6-8-11-25(29)28(20-21-33-34(30,31)32)22-27-18-16-26-17-19-27/h12-18H,2-11,19-22H2,1H3,(H2,30,31,32). The molecule has 0 aromatic heterocycles. The van der Waals surface area contributed by atoms with E-state index >= 15 is 0 Å². The van der Waals surface area contributed by atoms with E-state index in [1.807, 2.05) is 4.90 Å². The Bertz CT molecular complexity index is 822. The monoisotopic (exact) mass is 493 g/mol. The highest BCUT2D eigenvalue weighted by Crippen LogP contribution is 2.35. The van der Waals surface area contributed by atoms with Crippen LogP contribution in [0.5, 0.6) is 0 Å². The van der Waals surface area contributed by atoms with E-state index in [0.717, 1.165) is 32.1 Å². The molecule has 0 saturated carbocycles. The number of carbonyl (C=O) groups excluding carboxylic acids is 1. The normalized spacial score (nSPS) is 13.4. The third-order valence-electron chi connectivity index (χ3n) is 5.78. The first-order valence-electron chi connectivity index (χ1n) is 12.4. The summed E-state index contributed by atoms with van der Waals surface area (Å²) in [7, 11) is -4.55. The van der Waals surface area contributed by atoms with Crippen molar-refractivity contribution in [2.45, 2.75) is 71.1 Å². The molecule has 1 aliphatic rings. The number of hydrogen-bond acceptors (Lipinski definition) is 5. The molecule has 1 aromatic rings. The number of rotatable bonds is 17. The summed E-state index contributed by atoms with van der Waals surface area (Å²) in [5.41, 5.74) is 2.82. The first-order chi connectivity index (χ1) is 16.4. The molecule has 0 spiro atoms. The van der Waals surface area contributed by atoms with Gasteiger partial charge in [0.2, 0.25) is 5.91 Å². The summed E-state index contributed by atoms with van der Waals surface area (Å²) in [6.45, 7) is 3.05. The summed E-state index contributed by atoms with van der Waals surface area (Å²) < 4.78 is 15.5. The molecule has 0 fully saturated rings. The van der Waals surface area contributed by atoms with Crippen LogP contribution >= 0.6 is 7.82 Å². The molecule has 0 radical (unpaired) electrons. The topological polar surface area (TPSA) is 103 Å². The van der Waals surface area contributed by atoms with Crippen molar-refractivity contribution in [2.75, 3.05) is 26.4 Å². The minimum Gasteiger partial charge on any atom is -0.353 e. The van der Waals surface area contributed by atoms with Crippen molar-refractivity contribution in [3.8, 4) is 0 Å². The Morgan fingerprint density at radius 2 is 1.71 bits per heavy atom. The van der Waals surface area contributed by atoms with Gasteiger partial charge in [-0.3, -0.25) is 14.3 Å². The molecule has 8 nitrogen and oxygen atoms in total. The van der Waals surface area contributed by atoms with Gasteiger partial charge in [0, 0.05) is 31.6 Å². The zero-order valence-corrected chi connectivity index (χ0v) is 21.2. The molecule has 190 valence electrons. The number of aliphatic imine (C=N–C) groups is 1. The molecule has 0 bridgehead atoms. The Kier molecular flexibility index (Phi) is 13.1. The zero-order valence-electron chi connectivity index (χ0n) is 20.3. The second-order valence-electron chi connectivity index (χ2n) is 8.71. The number of aryl methyl sites for hydroxylation is 2.